The Bertz CT molecular complexity index is 1580. The molecule has 5 rings (SSSR count). The molecule has 0 spiro atoms. The summed E-state index contributed by atoms with van der Waals surface area (Å²) in [6.07, 6.45) is 1.64. The molecule has 0 unspecified atom stereocenters. The smallest absolute Gasteiger partial charge is 0.337 e. The Morgan fingerprint density at radius 3 is 2.40 bits per heavy atom. The SMILES string of the molecule is COC(=O)c1ccc(-c2nn(C(=O)c3c(C)cccc3Cl)c3cc(-c4ncc(C)o4)ccc23)cc1. The lowest BCUT2D eigenvalue weighted by Crippen LogP contribution is -2.15. The molecule has 0 saturated heterocycles. The molecule has 0 radical (unpaired) electrons. The average molecular weight is 486 g/mol. The number of carbonyl (C=O) groups excluding carboxylic acids is 2. The van der Waals surface area contributed by atoms with Crippen molar-refractivity contribution in [2.45, 2.75) is 13.8 Å². The van der Waals surface area contributed by atoms with E-state index in [1.165, 1.54) is 11.8 Å². The first kappa shape index (κ1) is 22.6. The maximum atomic E-state index is 13.7. The van der Waals surface area contributed by atoms with Gasteiger partial charge in [-0.25, -0.2) is 9.78 Å². The lowest BCUT2D eigenvalue weighted by atomic mass is 10.0. The lowest BCUT2D eigenvalue weighted by Gasteiger charge is -2.08. The molecule has 0 fully saturated rings. The molecule has 0 bridgehead atoms. The predicted molar refractivity (Wildman–Crippen MR) is 133 cm³/mol. The van der Waals surface area contributed by atoms with E-state index in [2.05, 4.69) is 4.98 Å². The van der Waals surface area contributed by atoms with Crippen molar-refractivity contribution in [1.82, 2.24) is 14.8 Å². The van der Waals surface area contributed by atoms with Crippen LogP contribution in [0.5, 0.6) is 0 Å². The fourth-order valence-electron chi connectivity index (χ4n) is 3.99. The number of halogens is 1. The second kappa shape index (κ2) is 8.85. The highest BCUT2D eigenvalue weighted by Gasteiger charge is 2.22. The monoisotopic (exact) mass is 485 g/mol. The fourth-order valence-corrected chi connectivity index (χ4v) is 4.30. The van der Waals surface area contributed by atoms with E-state index in [4.69, 9.17) is 25.9 Å². The number of aromatic nitrogens is 3. The Kier molecular flexibility index (Phi) is 5.70. The van der Waals surface area contributed by atoms with Crippen molar-refractivity contribution < 1.29 is 18.7 Å². The van der Waals surface area contributed by atoms with Gasteiger partial charge in [-0.1, -0.05) is 35.9 Å². The Labute approximate surface area is 205 Å². The lowest BCUT2D eigenvalue weighted by molar-refractivity contribution is 0.0600. The van der Waals surface area contributed by atoms with Crippen LogP contribution >= 0.6 is 11.6 Å². The summed E-state index contributed by atoms with van der Waals surface area (Å²) in [7, 11) is 1.33. The first-order valence-corrected chi connectivity index (χ1v) is 11.2. The van der Waals surface area contributed by atoms with Crippen molar-refractivity contribution in [1.29, 1.82) is 0 Å². The van der Waals surface area contributed by atoms with Gasteiger partial charge in [-0.05, 0) is 55.8 Å². The summed E-state index contributed by atoms with van der Waals surface area (Å²) >= 11 is 6.41. The largest absolute Gasteiger partial charge is 0.465 e. The quantitative estimate of drug-likeness (QED) is 0.286. The standard InChI is InChI=1S/C27H20ClN3O4/c1-15-5-4-6-21(28)23(15)26(32)31-22-13-19(25-29-14-16(2)35-25)11-12-20(22)24(30-31)17-7-9-18(10-8-17)27(33)34-3/h4-14H,1-3H3. The molecule has 174 valence electrons. The maximum absolute atomic E-state index is 13.7. The van der Waals surface area contributed by atoms with Gasteiger partial charge in [0.1, 0.15) is 11.5 Å². The Morgan fingerprint density at radius 1 is 1.00 bits per heavy atom. The third kappa shape index (κ3) is 4.00. The minimum atomic E-state index is -0.429. The highest BCUT2D eigenvalue weighted by molar-refractivity contribution is 6.34. The third-order valence-electron chi connectivity index (χ3n) is 5.76. The van der Waals surface area contributed by atoms with Gasteiger partial charge in [0.15, 0.2) is 0 Å². The van der Waals surface area contributed by atoms with E-state index >= 15 is 0 Å². The highest BCUT2D eigenvalue weighted by atomic mass is 35.5. The van der Waals surface area contributed by atoms with Gasteiger partial charge < -0.3 is 9.15 Å². The number of fused-ring (bicyclic) bond motifs is 1. The van der Waals surface area contributed by atoms with Crippen LogP contribution in [0.1, 0.15) is 32.0 Å². The van der Waals surface area contributed by atoms with Crippen molar-refractivity contribution in [3.8, 4) is 22.7 Å². The number of hydrogen-bond donors (Lipinski definition) is 0. The number of aryl methyl sites for hydroxylation is 2. The van der Waals surface area contributed by atoms with Crippen LogP contribution < -0.4 is 0 Å². The third-order valence-corrected chi connectivity index (χ3v) is 6.07. The molecule has 0 amide bonds. The number of methoxy groups -OCH3 is 1. The predicted octanol–water partition coefficient (Wildman–Crippen LogP) is 6.10. The maximum Gasteiger partial charge on any atom is 0.337 e. The molecular formula is C27H20ClN3O4. The van der Waals surface area contributed by atoms with Crippen LogP contribution in [0.15, 0.2) is 71.3 Å². The van der Waals surface area contributed by atoms with Crippen molar-refractivity contribution in [3.05, 3.63) is 94.3 Å². The summed E-state index contributed by atoms with van der Waals surface area (Å²) in [6, 6.07) is 17.8. The zero-order valence-electron chi connectivity index (χ0n) is 19.2. The molecule has 3 aromatic carbocycles. The van der Waals surface area contributed by atoms with Crippen LogP contribution in [0.25, 0.3) is 33.6 Å². The van der Waals surface area contributed by atoms with Crippen LogP contribution in [0.2, 0.25) is 5.02 Å². The topological polar surface area (TPSA) is 87.2 Å². The highest BCUT2D eigenvalue weighted by Crippen LogP contribution is 2.33. The minimum Gasteiger partial charge on any atom is -0.465 e. The number of benzene rings is 3. The van der Waals surface area contributed by atoms with E-state index in [9.17, 15) is 9.59 Å². The van der Waals surface area contributed by atoms with Crippen LogP contribution in [0, 0.1) is 13.8 Å². The van der Waals surface area contributed by atoms with E-state index in [1.54, 1.807) is 42.6 Å². The fraction of sp³-hybridized carbons (Fsp3) is 0.111. The second-order valence-electron chi connectivity index (χ2n) is 8.07. The number of esters is 1. The zero-order chi connectivity index (χ0) is 24.7. The molecule has 0 aliphatic rings. The summed E-state index contributed by atoms with van der Waals surface area (Å²) in [4.78, 5) is 29.9. The van der Waals surface area contributed by atoms with Crippen molar-refractivity contribution >= 4 is 34.4 Å². The van der Waals surface area contributed by atoms with E-state index < -0.39 is 5.97 Å². The van der Waals surface area contributed by atoms with Crippen LogP contribution in [0.4, 0.5) is 0 Å². The second-order valence-corrected chi connectivity index (χ2v) is 8.48. The average Bonchev–Trinajstić information content (AvgIpc) is 3.47. The molecule has 0 saturated carbocycles. The van der Waals surface area contributed by atoms with Crippen molar-refractivity contribution in [3.63, 3.8) is 0 Å². The molecule has 0 atom stereocenters. The molecule has 0 aliphatic heterocycles. The van der Waals surface area contributed by atoms with E-state index in [1.807, 2.05) is 38.1 Å². The van der Waals surface area contributed by atoms with Crippen LogP contribution in [0.3, 0.4) is 0 Å². The number of rotatable bonds is 4. The number of nitrogens with zero attached hydrogens (tertiary/aromatic N) is 3. The molecule has 2 heterocycles. The molecule has 5 aromatic rings. The van der Waals surface area contributed by atoms with E-state index in [0.717, 1.165) is 16.5 Å². The summed E-state index contributed by atoms with van der Waals surface area (Å²) < 4.78 is 11.8. The van der Waals surface area contributed by atoms with Crippen LogP contribution in [-0.4, -0.2) is 33.8 Å². The number of ether oxygens (including phenoxy) is 1. The van der Waals surface area contributed by atoms with E-state index in [-0.39, 0.29) is 5.91 Å². The number of hydrogen-bond acceptors (Lipinski definition) is 6. The number of oxazole rings is 1. The molecular weight excluding hydrogens is 466 g/mol. The molecule has 0 N–H and O–H groups in total. The Balaban J connectivity index is 1.71. The first-order valence-electron chi connectivity index (χ1n) is 10.8. The zero-order valence-corrected chi connectivity index (χ0v) is 20.0. The minimum absolute atomic E-state index is 0.349. The molecule has 0 aliphatic carbocycles. The summed E-state index contributed by atoms with van der Waals surface area (Å²) in [5.41, 5.74) is 4.16. The Morgan fingerprint density at radius 2 is 1.74 bits per heavy atom. The van der Waals surface area contributed by atoms with Crippen molar-refractivity contribution in [2.75, 3.05) is 7.11 Å². The van der Waals surface area contributed by atoms with E-state index in [0.29, 0.717) is 44.6 Å². The summed E-state index contributed by atoms with van der Waals surface area (Å²) in [5.74, 6) is 0.351. The van der Waals surface area contributed by atoms with Gasteiger partial charge in [0.05, 0.1) is 35.0 Å². The van der Waals surface area contributed by atoms with Gasteiger partial charge >= 0.3 is 5.97 Å². The van der Waals surface area contributed by atoms with Gasteiger partial charge in [0.2, 0.25) is 5.89 Å². The van der Waals surface area contributed by atoms with Crippen molar-refractivity contribution in [2.24, 2.45) is 0 Å². The van der Waals surface area contributed by atoms with Gasteiger partial charge in [0.25, 0.3) is 5.91 Å². The molecule has 35 heavy (non-hydrogen) atoms. The van der Waals surface area contributed by atoms with Gasteiger partial charge in [-0.3, -0.25) is 4.79 Å². The molecule has 2 aromatic heterocycles. The number of carbonyl (C=O) groups is 2. The first-order chi connectivity index (χ1) is 16.9. The van der Waals surface area contributed by atoms with Crippen LogP contribution in [-0.2, 0) is 4.74 Å². The summed E-state index contributed by atoms with van der Waals surface area (Å²) in [6.45, 7) is 3.65. The van der Waals surface area contributed by atoms with Gasteiger partial charge in [-0.15, -0.1) is 0 Å². The molecule has 8 heteroatoms. The summed E-state index contributed by atoms with van der Waals surface area (Å²) in [5, 5.41) is 5.79. The normalized spacial score (nSPS) is 11.1. The van der Waals surface area contributed by atoms with Gasteiger partial charge in [0, 0.05) is 16.5 Å². The molecule has 7 nitrogen and oxygen atoms in total. The Hall–Kier alpha value is -4.23. The van der Waals surface area contributed by atoms with Gasteiger partial charge in [-0.2, -0.15) is 9.78 Å².